The number of piperidine rings is 1. The van der Waals surface area contributed by atoms with E-state index in [0.29, 0.717) is 32.1 Å². The number of nitrogens with zero attached hydrogens (tertiary/aromatic N) is 1. The van der Waals surface area contributed by atoms with Gasteiger partial charge < -0.3 is 9.47 Å². The molecule has 2 heterocycles. The van der Waals surface area contributed by atoms with Crippen LogP contribution in [0, 0.1) is 0 Å². The summed E-state index contributed by atoms with van der Waals surface area (Å²) in [5, 5.41) is -0.177. The van der Waals surface area contributed by atoms with Crippen LogP contribution >= 0.6 is 11.6 Å². The van der Waals surface area contributed by atoms with Gasteiger partial charge in [-0.2, -0.15) is 17.5 Å². The Balaban J connectivity index is 2.03. The van der Waals surface area contributed by atoms with E-state index in [0.717, 1.165) is 22.9 Å². The monoisotopic (exact) mass is 399 g/mol. The summed E-state index contributed by atoms with van der Waals surface area (Å²) in [5.41, 5.74) is -1.27. The summed E-state index contributed by atoms with van der Waals surface area (Å²) in [7, 11) is -4.38. The highest BCUT2D eigenvalue weighted by molar-refractivity contribution is 7.89. The lowest BCUT2D eigenvalue weighted by Crippen LogP contribution is -2.50. The van der Waals surface area contributed by atoms with Crippen molar-refractivity contribution in [1.82, 2.24) is 4.31 Å². The van der Waals surface area contributed by atoms with Crippen molar-refractivity contribution in [1.29, 1.82) is 0 Å². The summed E-state index contributed by atoms with van der Waals surface area (Å²) >= 11 is 5.64. The van der Waals surface area contributed by atoms with Gasteiger partial charge in [0.2, 0.25) is 10.0 Å². The third-order valence-corrected chi connectivity index (χ3v) is 6.51. The standard InChI is InChI=1S/C15H17ClF3NO4S/c16-10-4-5-13(11(9-10)15(17,18)19)25(21,22)20-6-2-1-3-12(20)14-23-7-8-24-14/h4-5,9,12,14H,1-3,6-8H2/t12-/m1/s1. The third kappa shape index (κ3) is 3.80. The molecule has 2 fully saturated rings. The summed E-state index contributed by atoms with van der Waals surface area (Å²) < 4.78 is 77.9. The van der Waals surface area contributed by atoms with Gasteiger partial charge in [-0.05, 0) is 31.0 Å². The van der Waals surface area contributed by atoms with Crippen LogP contribution in [0.25, 0.3) is 0 Å². The molecule has 0 amide bonds. The minimum Gasteiger partial charge on any atom is -0.349 e. The summed E-state index contributed by atoms with van der Waals surface area (Å²) in [6, 6.07) is 2.04. The summed E-state index contributed by atoms with van der Waals surface area (Å²) in [6.07, 6.45) is -3.79. The first-order valence-corrected chi connectivity index (χ1v) is 9.65. The van der Waals surface area contributed by atoms with Crippen LogP contribution in [0.15, 0.2) is 23.1 Å². The molecule has 0 aromatic heterocycles. The second-order valence-electron chi connectivity index (χ2n) is 5.93. The van der Waals surface area contributed by atoms with Gasteiger partial charge in [-0.3, -0.25) is 0 Å². The number of sulfonamides is 1. The maximum absolute atomic E-state index is 13.3. The molecule has 5 nitrogen and oxygen atoms in total. The van der Waals surface area contributed by atoms with Gasteiger partial charge in [0.1, 0.15) is 0 Å². The predicted molar refractivity (Wildman–Crippen MR) is 83.7 cm³/mol. The fraction of sp³-hybridized carbons (Fsp3) is 0.600. The second kappa shape index (κ2) is 7.03. The number of hydrogen-bond donors (Lipinski definition) is 0. The Hall–Kier alpha value is -0.870. The molecule has 0 saturated carbocycles. The van der Waals surface area contributed by atoms with Crippen molar-refractivity contribution in [3.63, 3.8) is 0 Å². The zero-order valence-electron chi connectivity index (χ0n) is 13.1. The second-order valence-corrected chi connectivity index (χ2v) is 8.22. The molecule has 25 heavy (non-hydrogen) atoms. The van der Waals surface area contributed by atoms with Crippen molar-refractivity contribution in [2.45, 2.75) is 42.7 Å². The molecule has 2 saturated heterocycles. The van der Waals surface area contributed by atoms with E-state index in [-0.39, 0.29) is 11.6 Å². The van der Waals surface area contributed by atoms with Gasteiger partial charge in [0.25, 0.3) is 0 Å². The quantitative estimate of drug-likeness (QED) is 0.782. The van der Waals surface area contributed by atoms with E-state index in [4.69, 9.17) is 21.1 Å². The van der Waals surface area contributed by atoms with Gasteiger partial charge in [0.05, 0.1) is 29.7 Å². The highest BCUT2D eigenvalue weighted by Gasteiger charge is 2.44. The van der Waals surface area contributed by atoms with Crippen LogP contribution in [-0.2, 0) is 25.7 Å². The van der Waals surface area contributed by atoms with Gasteiger partial charge in [-0.1, -0.05) is 18.0 Å². The van der Waals surface area contributed by atoms with E-state index in [2.05, 4.69) is 0 Å². The third-order valence-electron chi connectivity index (χ3n) is 4.29. The Morgan fingerprint density at radius 1 is 1.16 bits per heavy atom. The lowest BCUT2D eigenvalue weighted by atomic mass is 10.0. The van der Waals surface area contributed by atoms with Crippen LogP contribution in [0.2, 0.25) is 5.02 Å². The van der Waals surface area contributed by atoms with Crippen molar-refractivity contribution in [2.24, 2.45) is 0 Å². The average molecular weight is 400 g/mol. The zero-order valence-corrected chi connectivity index (χ0v) is 14.7. The van der Waals surface area contributed by atoms with Crippen LogP contribution in [0.3, 0.4) is 0 Å². The van der Waals surface area contributed by atoms with E-state index in [1.54, 1.807) is 0 Å². The van der Waals surface area contributed by atoms with E-state index in [1.807, 2.05) is 0 Å². The van der Waals surface area contributed by atoms with Crippen molar-refractivity contribution in [3.8, 4) is 0 Å². The average Bonchev–Trinajstić information content (AvgIpc) is 3.08. The number of hydrogen-bond acceptors (Lipinski definition) is 4. The summed E-state index contributed by atoms with van der Waals surface area (Å²) in [6.45, 7) is 0.795. The van der Waals surface area contributed by atoms with E-state index in [1.165, 1.54) is 0 Å². The van der Waals surface area contributed by atoms with Gasteiger partial charge in [-0.25, -0.2) is 8.42 Å². The normalized spacial score (nSPS) is 23.9. The van der Waals surface area contributed by atoms with Gasteiger partial charge in [-0.15, -0.1) is 0 Å². The van der Waals surface area contributed by atoms with Gasteiger partial charge in [0.15, 0.2) is 6.29 Å². The van der Waals surface area contributed by atoms with Crippen LogP contribution in [0.5, 0.6) is 0 Å². The van der Waals surface area contributed by atoms with Crippen LogP contribution < -0.4 is 0 Å². The maximum atomic E-state index is 13.3. The molecule has 0 unspecified atom stereocenters. The molecule has 0 aliphatic carbocycles. The first kappa shape index (κ1) is 18.9. The summed E-state index contributed by atoms with van der Waals surface area (Å²) in [5.74, 6) is 0. The minimum atomic E-state index is -4.83. The Bertz CT molecular complexity index is 735. The first-order chi connectivity index (χ1) is 11.7. The Morgan fingerprint density at radius 3 is 2.48 bits per heavy atom. The van der Waals surface area contributed by atoms with Crippen LogP contribution in [0.1, 0.15) is 24.8 Å². The molecular formula is C15H17ClF3NO4S. The van der Waals surface area contributed by atoms with E-state index >= 15 is 0 Å². The van der Waals surface area contributed by atoms with Crippen LogP contribution in [-0.4, -0.2) is 44.8 Å². The number of ether oxygens (including phenoxy) is 2. The molecule has 0 spiro atoms. The Labute approximate surface area is 148 Å². The topological polar surface area (TPSA) is 55.8 Å². The lowest BCUT2D eigenvalue weighted by molar-refractivity contribution is -0.140. The molecule has 1 atom stereocenters. The Kier molecular flexibility index (Phi) is 5.32. The first-order valence-electron chi connectivity index (χ1n) is 7.83. The lowest BCUT2D eigenvalue weighted by Gasteiger charge is -2.37. The SMILES string of the molecule is O=S(=O)(c1ccc(Cl)cc1C(F)(F)F)N1CCCC[C@@H]1C1OCCO1. The van der Waals surface area contributed by atoms with Gasteiger partial charge >= 0.3 is 6.18 Å². The molecule has 0 N–H and O–H groups in total. The van der Waals surface area contributed by atoms with Gasteiger partial charge in [0, 0.05) is 11.6 Å². The van der Waals surface area contributed by atoms with E-state index < -0.39 is 39.0 Å². The molecule has 0 radical (unpaired) electrons. The molecule has 2 aliphatic rings. The van der Waals surface area contributed by atoms with Crippen molar-refractivity contribution >= 4 is 21.6 Å². The number of alkyl halides is 3. The molecule has 10 heteroatoms. The number of rotatable bonds is 3. The highest BCUT2D eigenvalue weighted by atomic mass is 35.5. The van der Waals surface area contributed by atoms with Crippen LogP contribution in [0.4, 0.5) is 13.2 Å². The molecule has 2 aliphatic heterocycles. The van der Waals surface area contributed by atoms with Crippen molar-refractivity contribution in [3.05, 3.63) is 28.8 Å². The smallest absolute Gasteiger partial charge is 0.349 e. The fourth-order valence-corrected chi connectivity index (χ4v) is 5.22. The predicted octanol–water partition coefficient (Wildman–Crippen LogP) is 3.27. The Morgan fingerprint density at radius 2 is 1.84 bits per heavy atom. The maximum Gasteiger partial charge on any atom is 0.417 e. The molecule has 1 aromatic rings. The van der Waals surface area contributed by atoms with E-state index in [9.17, 15) is 21.6 Å². The molecule has 140 valence electrons. The number of benzene rings is 1. The highest BCUT2D eigenvalue weighted by Crippen LogP contribution is 2.38. The molecule has 0 bridgehead atoms. The molecule has 1 aromatic carbocycles. The fourth-order valence-electron chi connectivity index (χ4n) is 3.17. The molecular weight excluding hydrogens is 383 g/mol. The zero-order chi connectivity index (χ0) is 18.2. The van der Waals surface area contributed by atoms with Crippen molar-refractivity contribution < 1.29 is 31.1 Å². The minimum absolute atomic E-state index is 0.121. The largest absolute Gasteiger partial charge is 0.417 e. The summed E-state index contributed by atoms with van der Waals surface area (Å²) in [4.78, 5) is -0.797. The number of halogens is 4. The molecule has 3 rings (SSSR count). The van der Waals surface area contributed by atoms with Crippen molar-refractivity contribution in [2.75, 3.05) is 19.8 Å².